The van der Waals surface area contributed by atoms with Crippen molar-refractivity contribution in [3.05, 3.63) is 54.1 Å². The van der Waals surface area contributed by atoms with Gasteiger partial charge in [0.1, 0.15) is 5.75 Å². The molecule has 0 spiro atoms. The second-order valence-corrected chi connectivity index (χ2v) is 10.0. The third kappa shape index (κ3) is 5.19. The van der Waals surface area contributed by atoms with Crippen LogP contribution in [0.4, 0.5) is 5.69 Å². The summed E-state index contributed by atoms with van der Waals surface area (Å²) in [4.78, 5) is 15.1. The van der Waals surface area contributed by atoms with E-state index in [0.29, 0.717) is 23.0 Å². The van der Waals surface area contributed by atoms with Crippen LogP contribution in [0.25, 0.3) is 0 Å². The molecule has 0 saturated carbocycles. The number of carbonyl (C=O) groups excluding carboxylic acids is 1. The van der Waals surface area contributed by atoms with E-state index in [-0.39, 0.29) is 16.8 Å². The molecule has 2 aromatic rings. The highest BCUT2D eigenvalue weighted by Gasteiger charge is 2.25. The molecule has 1 aliphatic heterocycles. The number of hydrogen-bond acceptors (Lipinski definition) is 5. The Morgan fingerprint density at radius 3 is 2.29 bits per heavy atom. The summed E-state index contributed by atoms with van der Waals surface area (Å²) in [6, 6.07) is 13.6. The zero-order valence-corrected chi connectivity index (χ0v) is 19.4. The van der Waals surface area contributed by atoms with Gasteiger partial charge in [-0.15, -0.1) is 0 Å². The number of sulfonamides is 1. The molecule has 0 unspecified atom stereocenters. The van der Waals surface area contributed by atoms with Gasteiger partial charge in [0.15, 0.2) is 0 Å². The van der Waals surface area contributed by atoms with E-state index in [1.807, 2.05) is 0 Å². The van der Waals surface area contributed by atoms with Gasteiger partial charge in [-0.3, -0.25) is 9.10 Å². The predicted molar refractivity (Wildman–Crippen MR) is 122 cm³/mol. The molecule has 0 atom stereocenters. The van der Waals surface area contributed by atoms with Gasteiger partial charge < -0.3 is 15.0 Å². The lowest BCUT2D eigenvalue weighted by molar-refractivity contribution is 0.0900. The average molecular weight is 446 g/mol. The number of benzene rings is 2. The quantitative estimate of drug-likeness (QED) is 0.708. The Hall–Kier alpha value is -2.58. The third-order valence-corrected chi connectivity index (χ3v) is 7.58. The van der Waals surface area contributed by atoms with E-state index >= 15 is 0 Å². The monoisotopic (exact) mass is 445 g/mol. The van der Waals surface area contributed by atoms with Crippen LogP contribution in [0, 0.1) is 0 Å². The molecule has 1 amide bonds. The molecule has 1 N–H and O–H groups in total. The Balaban J connectivity index is 1.68. The Labute approximate surface area is 185 Å². The largest absolute Gasteiger partial charge is 0.495 e. The number of likely N-dealkylation sites (tertiary alicyclic amines) is 1. The van der Waals surface area contributed by atoms with Crippen LogP contribution in [0.3, 0.4) is 0 Å². The Morgan fingerprint density at radius 2 is 1.71 bits per heavy atom. The minimum Gasteiger partial charge on any atom is -0.495 e. The molecular formula is C23H31N3O4S. The zero-order chi connectivity index (χ0) is 22.6. The number of anilines is 1. The highest BCUT2D eigenvalue weighted by Crippen LogP contribution is 2.30. The molecule has 3 rings (SSSR count). The fourth-order valence-corrected chi connectivity index (χ4v) is 4.99. The van der Waals surface area contributed by atoms with E-state index in [1.54, 1.807) is 36.4 Å². The predicted octanol–water partition coefficient (Wildman–Crippen LogP) is 3.12. The number of amides is 1. The molecule has 31 heavy (non-hydrogen) atoms. The van der Waals surface area contributed by atoms with Crippen molar-refractivity contribution in [2.75, 3.05) is 31.6 Å². The van der Waals surface area contributed by atoms with Gasteiger partial charge in [0.2, 0.25) is 0 Å². The van der Waals surface area contributed by atoms with E-state index in [2.05, 4.69) is 24.1 Å². The second-order valence-electron chi connectivity index (χ2n) is 8.05. The van der Waals surface area contributed by atoms with Gasteiger partial charge in [-0.2, -0.15) is 0 Å². The number of ether oxygens (including phenoxy) is 1. The van der Waals surface area contributed by atoms with Gasteiger partial charge in [-0.05, 0) is 63.1 Å². The standard InChI is InChI=1S/C23H31N3O4S/c1-17(2)26-15-13-19(14-16-26)24-23(27)18-9-11-20(12-10-18)31(28,29)25(3)21-7-5-6-8-22(21)30-4/h5-12,17,19H,13-16H2,1-4H3,(H,24,27). The molecule has 1 heterocycles. The molecule has 1 saturated heterocycles. The molecular weight excluding hydrogens is 414 g/mol. The van der Waals surface area contributed by atoms with Crippen molar-refractivity contribution in [3.63, 3.8) is 0 Å². The van der Waals surface area contributed by atoms with Crippen molar-refractivity contribution in [2.24, 2.45) is 0 Å². The number of para-hydroxylation sites is 2. The van der Waals surface area contributed by atoms with Gasteiger partial charge >= 0.3 is 0 Å². The first kappa shape index (κ1) is 23.1. The van der Waals surface area contributed by atoms with E-state index in [4.69, 9.17) is 4.74 Å². The van der Waals surface area contributed by atoms with Gasteiger partial charge in [-0.1, -0.05) is 12.1 Å². The number of nitrogens with one attached hydrogen (secondary N) is 1. The maximum Gasteiger partial charge on any atom is 0.264 e. The fraction of sp³-hybridized carbons (Fsp3) is 0.435. The molecule has 2 aromatic carbocycles. The molecule has 1 aliphatic rings. The second kappa shape index (κ2) is 9.70. The molecule has 1 fully saturated rings. The van der Waals surface area contributed by atoms with Crippen LogP contribution >= 0.6 is 0 Å². The van der Waals surface area contributed by atoms with Crippen molar-refractivity contribution < 1.29 is 17.9 Å². The molecule has 8 heteroatoms. The summed E-state index contributed by atoms with van der Waals surface area (Å²) in [7, 11) is -0.810. The van der Waals surface area contributed by atoms with Crippen molar-refractivity contribution in [3.8, 4) is 5.75 Å². The SMILES string of the molecule is COc1ccccc1N(C)S(=O)(=O)c1ccc(C(=O)NC2CCN(C(C)C)CC2)cc1. The lowest BCUT2D eigenvalue weighted by atomic mass is 10.0. The van der Waals surface area contributed by atoms with E-state index < -0.39 is 10.0 Å². The van der Waals surface area contributed by atoms with Crippen molar-refractivity contribution in [1.82, 2.24) is 10.2 Å². The zero-order valence-electron chi connectivity index (χ0n) is 18.5. The number of carbonyl (C=O) groups is 1. The summed E-state index contributed by atoms with van der Waals surface area (Å²) < 4.78 is 32.6. The molecule has 7 nitrogen and oxygen atoms in total. The van der Waals surface area contributed by atoms with Gasteiger partial charge in [0.05, 0.1) is 17.7 Å². The first-order valence-electron chi connectivity index (χ1n) is 10.5. The molecule has 0 aromatic heterocycles. The number of rotatable bonds is 7. The van der Waals surface area contributed by atoms with E-state index in [1.165, 1.54) is 30.6 Å². The number of methoxy groups -OCH3 is 1. The normalized spacial score (nSPS) is 15.6. The van der Waals surface area contributed by atoms with Crippen LogP contribution < -0.4 is 14.4 Å². The van der Waals surface area contributed by atoms with Crippen LogP contribution in [0.1, 0.15) is 37.0 Å². The highest BCUT2D eigenvalue weighted by molar-refractivity contribution is 7.92. The average Bonchev–Trinajstić information content (AvgIpc) is 2.78. The third-order valence-electron chi connectivity index (χ3n) is 5.79. The summed E-state index contributed by atoms with van der Waals surface area (Å²) in [5, 5.41) is 3.07. The minimum atomic E-state index is -3.79. The maximum absolute atomic E-state index is 13.0. The van der Waals surface area contributed by atoms with Gasteiger partial charge in [0, 0.05) is 37.8 Å². The summed E-state index contributed by atoms with van der Waals surface area (Å²) in [6.45, 7) is 6.30. The summed E-state index contributed by atoms with van der Waals surface area (Å²) in [6.07, 6.45) is 1.83. The first-order chi connectivity index (χ1) is 14.7. The van der Waals surface area contributed by atoms with Crippen LogP contribution in [0.5, 0.6) is 5.75 Å². The van der Waals surface area contributed by atoms with E-state index in [0.717, 1.165) is 25.9 Å². The minimum absolute atomic E-state index is 0.114. The van der Waals surface area contributed by atoms with Gasteiger partial charge in [0.25, 0.3) is 15.9 Å². The summed E-state index contributed by atoms with van der Waals surface area (Å²) in [5.41, 5.74) is 0.893. The smallest absolute Gasteiger partial charge is 0.264 e. The lowest BCUT2D eigenvalue weighted by Crippen LogP contribution is -2.46. The van der Waals surface area contributed by atoms with E-state index in [9.17, 15) is 13.2 Å². The Bertz CT molecular complexity index is 998. The van der Waals surface area contributed by atoms with Crippen molar-refractivity contribution in [2.45, 2.75) is 43.7 Å². The molecule has 0 aliphatic carbocycles. The molecule has 168 valence electrons. The number of piperidine rings is 1. The van der Waals surface area contributed by atoms with Crippen molar-refractivity contribution in [1.29, 1.82) is 0 Å². The maximum atomic E-state index is 13.0. The first-order valence-corrected chi connectivity index (χ1v) is 11.9. The molecule has 0 bridgehead atoms. The summed E-state index contributed by atoms with van der Waals surface area (Å²) in [5.74, 6) is 0.290. The van der Waals surface area contributed by atoms with Crippen LogP contribution in [-0.4, -0.2) is 58.6 Å². The Kier molecular flexibility index (Phi) is 7.23. The van der Waals surface area contributed by atoms with Crippen LogP contribution in [0.2, 0.25) is 0 Å². The van der Waals surface area contributed by atoms with Crippen LogP contribution in [0.15, 0.2) is 53.4 Å². The van der Waals surface area contributed by atoms with Crippen molar-refractivity contribution >= 4 is 21.6 Å². The summed E-state index contributed by atoms with van der Waals surface area (Å²) >= 11 is 0. The topological polar surface area (TPSA) is 78.9 Å². The highest BCUT2D eigenvalue weighted by atomic mass is 32.2. The lowest BCUT2D eigenvalue weighted by Gasteiger charge is -2.34. The number of nitrogens with zero attached hydrogens (tertiary/aromatic N) is 2. The Morgan fingerprint density at radius 1 is 1.10 bits per heavy atom. The van der Waals surface area contributed by atoms with Gasteiger partial charge in [-0.25, -0.2) is 8.42 Å². The molecule has 0 radical (unpaired) electrons. The van der Waals surface area contributed by atoms with Crippen LogP contribution in [-0.2, 0) is 10.0 Å². The fourth-order valence-electron chi connectivity index (χ4n) is 3.78. The number of hydrogen-bond donors (Lipinski definition) is 1.